The fourth-order valence-electron chi connectivity index (χ4n) is 1.41. The summed E-state index contributed by atoms with van der Waals surface area (Å²) in [5, 5.41) is 2.25. The van der Waals surface area contributed by atoms with E-state index < -0.39 is 28.9 Å². The van der Waals surface area contributed by atoms with E-state index in [1.54, 1.807) is 0 Å². The zero-order valence-corrected chi connectivity index (χ0v) is 10.0. The molecule has 0 aliphatic carbocycles. The van der Waals surface area contributed by atoms with E-state index >= 15 is 0 Å². The Morgan fingerprint density at radius 3 is 2.42 bits per heavy atom. The summed E-state index contributed by atoms with van der Waals surface area (Å²) in [6.45, 7) is 0. The van der Waals surface area contributed by atoms with Gasteiger partial charge in [-0.1, -0.05) is 11.6 Å². The smallest absolute Gasteiger partial charge is 0.262 e. The summed E-state index contributed by atoms with van der Waals surface area (Å²) in [5.74, 6) is -4.86. The summed E-state index contributed by atoms with van der Waals surface area (Å²) in [6, 6.07) is 3.80. The minimum Gasteiger partial charge on any atom is -0.305 e. The summed E-state index contributed by atoms with van der Waals surface area (Å²) in [5.41, 5.74) is -0.900. The molecule has 0 spiro atoms. The van der Waals surface area contributed by atoms with Crippen LogP contribution in [-0.4, -0.2) is 10.9 Å². The van der Waals surface area contributed by atoms with Gasteiger partial charge in [0.2, 0.25) is 0 Å². The number of carbonyl (C=O) groups is 1. The molecule has 0 radical (unpaired) electrons. The highest BCUT2D eigenvalue weighted by molar-refractivity contribution is 6.33. The average molecular weight is 287 g/mol. The Labute approximate surface area is 111 Å². The molecule has 0 unspecified atom stereocenters. The lowest BCUT2D eigenvalue weighted by atomic mass is 10.2. The van der Waals surface area contributed by atoms with Crippen molar-refractivity contribution in [3.05, 3.63) is 58.5 Å². The van der Waals surface area contributed by atoms with Crippen molar-refractivity contribution in [1.29, 1.82) is 0 Å². The molecule has 2 aromatic rings. The van der Waals surface area contributed by atoms with Crippen molar-refractivity contribution in [3.63, 3.8) is 0 Å². The highest BCUT2D eigenvalue weighted by Gasteiger charge is 2.20. The van der Waals surface area contributed by atoms with Gasteiger partial charge in [0.25, 0.3) is 5.91 Å². The van der Waals surface area contributed by atoms with E-state index in [2.05, 4.69) is 10.3 Å². The quantitative estimate of drug-likeness (QED) is 0.919. The molecule has 0 fully saturated rings. The number of benzene rings is 1. The van der Waals surface area contributed by atoms with Crippen molar-refractivity contribution >= 4 is 23.3 Å². The maximum absolute atomic E-state index is 13.4. The number of carbonyl (C=O) groups excluding carboxylic acids is 1. The Morgan fingerprint density at radius 1 is 1.21 bits per heavy atom. The molecule has 0 saturated carbocycles. The molecule has 19 heavy (non-hydrogen) atoms. The van der Waals surface area contributed by atoms with Gasteiger partial charge in [0.05, 0.1) is 5.02 Å². The zero-order valence-electron chi connectivity index (χ0n) is 9.25. The topological polar surface area (TPSA) is 42.0 Å². The van der Waals surface area contributed by atoms with Crippen LogP contribution in [-0.2, 0) is 0 Å². The molecule has 0 aliphatic heterocycles. The molecule has 2 rings (SSSR count). The first-order chi connectivity index (χ1) is 8.99. The predicted molar refractivity (Wildman–Crippen MR) is 63.5 cm³/mol. The molecule has 1 aromatic heterocycles. The van der Waals surface area contributed by atoms with Crippen molar-refractivity contribution in [3.8, 4) is 0 Å². The minimum atomic E-state index is -1.30. The van der Waals surface area contributed by atoms with Crippen LogP contribution in [0.5, 0.6) is 0 Å². The van der Waals surface area contributed by atoms with E-state index in [1.807, 2.05) is 0 Å². The van der Waals surface area contributed by atoms with Gasteiger partial charge in [-0.25, -0.2) is 18.2 Å². The SMILES string of the molecule is O=C(Nc1ncccc1Cl)c1c(F)cc(F)cc1F. The maximum atomic E-state index is 13.4. The monoisotopic (exact) mass is 286 g/mol. The number of hydrogen-bond donors (Lipinski definition) is 1. The van der Waals surface area contributed by atoms with Crippen LogP contribution in [0.4, 0.5) is 19.0 Å². The van der Waals surface area contributed by atoms with Crippen molar-refractivity contribution in [1.82, 2.24) is 4.98 Å². The van der Waals surface area contributed by atoms with Crippen molar-refractivity contribution in [2.45, 2.75) is 0 Å². The average Bonchev–Trinajstić information content (AvgIpc) is 2.30. The Bertz CT molecular complexity index is 626. The lowest BCUT2D eigenvalue weighted by Crippen LogP contribution is -2.17. The molecule has 0 bridgehead atoms. The molecule has 98 valence electrons. The molecular weight excluding hydrogens is 281 g/mol. The van der Waals surface area contributed by atoms with Crippen LogP contribution in [0.1, 0.15) is 10.4 Å². The van der Waals surface area contributed by atoms with E-state index in [9.17, 15) is 18.0 Å². The van der Waals surface area contributed by atoms with Gasteiger partial charge in [-0.15, -0.1) is 0 Å². The second-order valence-corrected chi connectivity index (χ2v) is 3.94. The Morgan fingerprint density at radius 2 is 1.84 bits per heavy atom. The maximum Gasteiger partial charge on any atom is 0.262 e. The van der Waals surface area contributed by atoms with E-state index in [4.69, 9.17) is 11.6 Å². The van der Waals surface area contributed by atoms with Crippen molar-refractivity contribution in [2.24, 2.45) is 0 Å². The first-order valence-electron chi connectivity index (χ1n) is 5.05. The van der Waals surface area contributed by atoms with Crippen LogP contribution in [0.25, 0.3) is 0 Å². The van der Waals surface area contributed by atoms with Crippen molar-refractivity contribution < 1.29 is 18.0 Å². The van der Waals surface area contributed by atoms with E-state index in [0.29, 0.717) is 12.1 Å². The lowest BCUT2D eigenvalue weighted by Gasteiger charge is -2.07. The molecule has 0 saturated heterocycles. The Balaban J connectivity index is 2.34. The third-order valence-electron chi connectivity index (χ3n) is 2.22. The van der Waals surface area contributed by atoms with Gasteiger partial charge >= 0.3 is 0 Å². The summed E-state index contributed by atoms with van der Waals surface area (Å²) in [7, 11) is 0. The molecule has 1 amide bonds. The van der Waals surface area contributed by atoms with Crippen LogP contribution >= 0.6 is 11.6 Å². The van der Waals surface area contributed by atoms with Crippen LogP contribution < -0.4 is 5.32 Å². The highest BCUT2D eigenvalue weighted by Crippen LogP contribution is 2.20. The Kier molecular flexibility index (Phi) is 3.71. The molecular formula is C12H6ClF3N2O. The fourth-order valence-corrected chi connectivity index (χ4v) is 1.58. The summed E-state index contributed by atoms with van der Waals surface area (Å²) in [6.07, 6.45) is 1.35. The number of halogens is 4. The number of amides is 1. The number of rotatable bonds is 2. The summed E-state index contributed by atoms with van der Waals surface area (Å²) in [4.78, 5) is 15.4. The molecule has 3 nitrogen and oxygen atoms in total. The third kappa shape index (κ3) is 2.85. The third-order valence-corrected chi connectivity index (χ3v) is 2.53. The standard InChI is InChI=1S/C12H6ClF3N2O/c13-7-2-1-3-17-11(7)18-12(19)10-8(15)4-6(14)5-9(10)16/h1-5H,(H,17,18,19). The molecule has 7 heteroatoms. The lowest BCUT2D eigenvalue weighted by molar-refractivity contribution is 0.101. The normalized spacial score (nSPS) is 10.3. The number of hydrogen-bond acceptors (Lipinski definition) is 2. The van der Waals surface area contributed by atoms with Gasteiger partial charge in [0.15, 0.2) is 5.82 Å². The van der Waals surface area contributed by atoms with Gasteiger partial charge < -0.3 is 5.32 Å². The second kappa shape index (κ2) is 5.27. The van der Waals surface area contributed by atoms with Crippen LogP contribution in [0.15, 0.2) is 30.5 Å². The van der Waals surface area contributed by atoms with E-state index in [-0.39, 0.29) is 10.8 Å². The minimum absolute atomic E-state index is 0.0442. The van der Waals surface area contributed by atoms with Gasteiger partial charge in [0.1, 0.15) is 23.0 Å². The van der Waals surface area contributed by atoms with E-state index in [1.165, 1.54) is 18.3 Å². The molecule has 1 heterocycles. The van der Waals surface area contributed by atoms with Gasteiger partial charge in [-0.2, -0.15) is 0 Å². The fraction of sp³-hybridized carbons (Fsp3) is 0. The highest BCUT2D eigenvalue weighted by atomic mass is 35.5. The summed E-state index contributed by atoms with van der Waals surface area (Å²) < 4.78 is 39.5. The van der Waals surface area contributed by atoms with Gasteiger partial charge in [-0.05, 0) is 12.1 Å². The largest absolute Gasteiger partial charge is 0.305 e. The van der Waals surface area contributed by atoms with Gasteiger partial charge in [0, 0.05) is 18.3 Å². The molecule has 0 atom stereocenters. The van der Waals surface area contributed by atoms with Crippen LogP contribution in [0.2, 0.25) is 5.02 Å². The number of aromatic nitrogens is 1. The van der Waals surface area contributed by atoms with Crippen molar-refractivity contribution in [2.75, 3.05) is 5.32 Å². The van der Waals surface area contributed by atoms with E-state index in [0.717, 1.165) is 0 Å². The van der Waals surface area contributed by atoms with Crippen LogP contribution in [0.3, 0.4) is 0 Å². The molecule has 1 N–H and O–H groups in total. The number of anilines is 1. The zero-order chi connectivity index (χ0) is 14.0. The number of nitrogens with one attached hydrogen (secondary N) is 1. The summed E-state index contributed by atoms with van der Waals surface area (Å²) >= 11 is 5.74. The number of nitrogens with zero attached hydrogens (tertiary/aromatic N) is 1. The predicted octanol–water partition coefficient (Wildman–Crippen LogP) is 3.40. The van der Waals surface area contributed by atoms with Crippen LogP contribution in [0, 0.1) is 17.5 Å². The number of pyridine rings is 1. The molecule has 0 aliphatic rings. The second-order valence-electron chi connectivity index (χ2n) is 3.53. The van der Waals surface area contributed by atoms with Gasteiger partial charge in [-0.3, -0.25) is 4.79 Å². The first-order valence-corrected chi connectivity index (χ1v) is 5.43. The first kappa shape index (κ1) is 13.4. The molecule has 1 aromatic carbocycles. The Hall–Kier alpha value is -2.08.